The Hall–Kier alpha value is -0.0400. The van der Waals surface area contributed by atoms with Crippen molar-refractivity contribution in [3.05, 3.63) is 0 Å². The van der Waals surface area contributed by atoms with Crippen LogP contribution in [0.2, 0.25) is 0 Å². The lowest BCUT2D eigenvalue weighted by atomic mass is 9.63. The molecule has 0 unspecified atom stereocenters. The van der Waals surface area contributed by atoms with Gasteiger partial charge in [0.05, 0.1) is 0 Å². The van der Waals surface area contributed by atoms with E-state index < -0.39 is 0 Å². The Kier molecular flexibility index (Phi) is 7.74. The maximum atomic E-state index is 9.88. The van der Waals surface area contributed by atoms with E-state index >= 15 is 0 Å². The highest BCUT2D eigenvalue weighted by molar-refractivity contribution is 4.88. The molecular formula is C21H40O. The van der Waals surface area contributed by atoms with Crippen molar-refractivity contribution >= 4 is 0 Å². The summed E-state index contributed by atoms with van der Waals surface area (Å²) in [7, 11) is 0. The molecule has 1 heteroatoms. The van der Waals surface area contributed by atoms with E-state index in [4.69, 9.17) is 0 Å². The quantitative estimate of drug-likeness (QED) is 0.554. The summed E-state index contributed by atoms with van der Waals surface area (Å²) < 4.78 is 0. The number of aliphatic hydroxyl groups excluding tert-OH is 1. The highest BCUT2D eigenvalue weighted by Crippen LogP contribution is 2.47. The van der Waals surface area contributed by atoms with Gasteiger partial charge in [0.15, 0.2) is 0 Å². The van der Waals surface area contributed by atoms with Crippen molar-refractivity contribution in [3.8, 4) is 0 Å². The summed E-state index contributed by atoms with van der Waals surface area (Å²) in [5.41, 5.74) is 0.296. The van der Waals surface area contributed by atoms with E-state index in [0.29, 0.717) is 12.0 Å². The number of hydrogen-bond donors (Lipinski definition) is 1. The minimum atomic E-state index is 0.296. The van der Waals surface area contributed by atoms with Crippen LogP contribution in [-0.2, 0) is 0 Å². The maximum Gasteiger partial charge on any atom is 0.0487 e. The van der Waals surface area contributed by atoms with Crippen molar-refractivity contribution in [2.75, 3.05) is 6.61 Å². The molecule has 2 saturated carbocycles. The first-order chi connectivity index (χ1) is 10.7. The summed E-state index contributed by atoms with van der Waals surface area (Å²) in [6.07, 6.45) is 19.5. The first-order valence-electron chi connectivity index (χ1n) is 10.3. The molecule has 0 atom stereocenters. The van der Waals surface area contributed by atoms with Gasteiger partial charge in [-0.2, -0.15) is 0 Å². The van der Waals surface area contributed by atoms with Gasteiger partial charge in [-0.05, 0) is 68.1 Å². The first kappa shape index (κ1) is 18.3. The zero-order chi connectivity index (χ0) is 15.8. The maximum absolute atomic E-state index is 9.88. The number of rotatable bonds is 8. The third-order valence-electron chi connectivity index (χ3n) is 7.01. The normalized spacial score (nSPS) is 36.4. The standard InChI is InChI=1S/C21H40O/c1-3-5-7-18-8-10-19(11-9-18)20-12-15-21(17-22,16-13-20)14-6-4-2/h18-20,22H,3-17H2,1-2H3/t18?,19?,20-,21+. The molecule has 1 N–H and O–H groups in total. The van der Waals surface area contributed by atoms with Crippen molar-refractivity contribution in [2.45, 2.75) is 104 Å². The Labute approximate surface area is 139 Å². The molecule has 0 radical (unpaired) electrons. The molecule has 0 saturated heterocycles. The molecule has 22 heavy (non-hydrogen) atoms. The Bertz CT molecular complexity index is 282. The fourth-order valence-corrected chi connectivity index (χ4v) is 5.20. The lowest BCUT2D eigenvalue weighted by Gasteiger charge is -2.43. The monoisotopic (exact) mass is 308 g/mol. The van der Waals surface area contributed by atoms with Crippen LogP contribution in [0, 0.1) is 23.2 Å². The average molecular weight is 309 g/mol. The van der Waals surface area contributed by atoms with Crippen molar-refractivity contribution in [1.82, 2.24) is 0 Å². The van der Waals surface area contributed by atoms with Crippen molar-refractivity contribution in [2.24, 2.45) is 23.2 Å². The molecule has 0 heterocycles. The molecule has 0 amide bonds. The van der Waals surface area contributed by atoms with Crippen LogP contribution in [0.1, 0.15) is 104 Å². The Morgan fingerprint density at radius 3 is 1.95 bits per heavy atom. The van der Waals surface area contributed by atoms with Crippen LogP contribution in [0.25, 0.3) is 0 Å². The second kappa shape index (κ2) is 9.30. The van der Waals surface area contributed by atoms with Crippen molar-refractivity contribution < 1.29 is 5.11 Å². The molecule has 0 aliphatic heterocycles. The summed E-state index contributed by atoms with van der Waals surface area (Å²) in [5, 5.41) is 9.88. The van der Waals surface area contributed by atoms with Crippen molar-refractivity contribution in [1.29, 1.82) is 0 Å². The Morgan fingerprint density at radius 1 is 0.818 bits per heavy atom. The second-order valence-corrected chi connectivity index (χ2v) is 8.52. The van der Waals surface area contributed by atoms with Crippen LogP contribution >= 0.6 is 0 Å². The predicted octanol–water partition coefficient (Wildman–Crippen LogP) is 6.34. The molecular weight excluding hydrogens is 268 g/mol. The van der Waals surface area contributed by atoms with E-state index in [1.165, 1.54) is 89.9 Å². The van der Waals surface area contributed by atoms with Gasteiger partial charge in [0, 0.05) is 6.61 Å². The van der Waals surface area contributed by atoms with Gasteiger partial charge in [-0.15, -0.1) is 0 Å². The lowest BCUT2D eigenvalue weighted by molar-refractivity contribution is 0.0334. The van der Waals surface area contributed by atoms with Crippen LogP contribution in [-0.4, -0.2) is 11.7 Å². The van der Waals surface area contributed by atoms with Gasteiger partial charge in [-0.25, -0.2) is 0 Å². The SMILES string of the molecule is CCCCC1CCC([C@H]2CC[C@](CO)(CCCC)CC2)CC1. The lowest BCUT2D eigenvalue weighted by Crippen LogP contribution is -2.34. The van der Waals surface area contributed by atoms with Crippen LogP contribution in [0.15, 0.2) is 0 Å². The molecule has 0 aromatic carbocycles. The molecule has 2 aliphatic rings. The third-order valence-corrected chi connectivity index (χ3v) is 7.01. The smallest absolute Gasteiger partial charge is 0.0487 e. The highest BCUT2D eigenvalue weighted by Gasteiger charge is 2.37. The minimum Gasteiger partial charge on any atom is -0.396 e. The van der Waals surface area contributed by atoms with E-state index in [1.54, 1.807) is 0 Å². The predicted molar refractivity (Wildman–Crippen MR) is 96.0 cm³/mol. The second-order valence-electron chi connectivity index (χ2n) is 8.52. The van der Waals surface area contributed by atoms with Crippen molar-refractivity contribution in [3.63, 3.8) is 0 Å². The molecule has 130 valence electrons. The fourth-order valence-electron chi connectivity index (χ4n) is 5.20. The van der Waals surface area contributed by atoms with Gasteiger partial charge in [0.2, 0.25) is 0 Å². The summed E-state index contributed by atoms with van der Waals surface area (Å²) in [4.78, 5) is 0. The molecule has 0 bridgehead atoms. The fraction of sp³-hybridized carbons (Fsp3) is 1.00. The molecule has 2 fully saturated rings. The summed E-state index contributed by atoms with van der Waals surface area (Å²) in [5.74, 6) is 3.04. The molecule has 0 aromatic heterocycles. The van der Waals surface area contributed by atoms with Gasteiger partial charge in [0.1, 0.15) is 0 Å². The van der Waals surface area contributed by atoms with Crippen LogP contribution in [0.4, 0.5) is 0 Å². The topological polar surface area (TPSA) is 20.2 Å². The van der Waals surface area contributed by atoms with Crippen LogP contribution < -0.4 is 0 Å². The van der Waals surface area contributed by atoms with Gasteiger partial charge in [0.25, 0.3) is 0 Å². The van der Waals surface area contributed by atoms with E-state index in [1.807, 2.05) is 0 Å². The first-order valence-corrected chi connectivity index (χ1v) is 10.3. The zero-order valence-corrected chi connectivity index (χ0v) is 15.3. The minimum absolute atomic E-state index is 0.296. The summed E-state index contributed by atoms with van der Waals surface area (Å²) in [6, 6.07) is 0. The van der Waals surface area contributed by atoms with Gasteiger partial charge in [-0.1, -0.05) is 58.8 Å². The number of hydrogen-bond acceptors (Lipinski definition) is 1. The number of unbranched alkanes of at least 4 members (excludes halogenated alkanes) is 2. The van der Waals surface area contributed by atoms with Gasteiger partial charge >= 0.3 is 0 Å². The van der Waals surface area contributed by atoms with Crippen LogP contribution in [0.3, 0.4) is 0 Å². The molecule has 1 nitrogen and oxygen atoms in total. The van der Waals surface area contributed by atoms with E-state index in [2.05, 4.69) is 13.8 Å². The van der Waals surface area contributed by atoms with E-state index in [9.17, 15) is 5.11 Å². The summed E-state index contributed by atoms with van der Waals surface area (Å²) in [6.45, 7) is 5.02. The van der Waals surface area contributed by atoms with Crippen LogP contribution in [0.5, 0.6) is 0 Å². The Morgan fingerprint density at radius 2 is 1.41 bits per heavy atom. The van der Waals surface area contributed by atoms with Gasteiger partial charge < -0.3 is 5.11 Å². The average Bonchev–Trinajstić information content (AvgIpc) is 2.59. The number of aliphatic hydroxyl groups is 1. The molecule has 0 spiro atoms. The largest absolute Gasteiger partial charge is 0.396 e. The third kappa shape index (κ3) is 4.98. The molecule has 0 aromatic rings. The Balaban J connectivity index is 1.73. The van der Waals surface area contributed by atoms with E-state index in [0.717, 1.165) is 17.8 Å². The zero-order valence-electron chi connectivity index (χ0n) is 15.3. The van der Waals surface area contributed by atoms with E-state index in [-0.39, 0.29) is 0 Å². The highest BCUT2D eigenvalue weighted by atomic mass is 16.3. The molecule has 2 aliphatic carbocycles. The molecule has 2 rings (SSSR count). The van der Waals surface area contributed by atoms with Gasteiger partial charge in [-0.3, -0.25) is 0 Å². The summed E-state index contributed by atoms with van der Waals surface area (Å²) >= 11 is 0.